The van der Waals surface area contributed by atoms with Crippen LogP contribution in [0.1, 0.15) is 57.7 Å². The maximum atomic E-state index is 12.9. The Labute approximate surface area is 370 Å². The zero-order chi connectivity index (χ0) is 45.5. The predicted octanol–water partition coefficient (Wildman–Crippen LogP) is 11.5. The van der Waals surface area contributed by atoms with E-state index in [2.05, 4.69) is 57.0 Å². The Kier molecular flexibility index (Phi) is 16.7. The van der Waals surface area contributed by atoms with Crippen LogP contribution in [0.15, 0.2) is 152 Å². The Bertz CT molecular complexity index is 2460. The zero-order valence-corrected chi connectivity index (χ0v) is 36.7. The molecule has 0 aromatic heterocycles. The molecule has 63 heavy (non-hydrogen) atoms. The quantitative estimate of drug-likeness (QED) is 0.0429. The molecule has 0 aliphatic carbocycles. The lowest BCUT2D eigenvalue weighted by Gasteiger charge is -2.18. The first kappa shape index (κ1) is 46.8. The molecule has 0 spiro atoms. The summed E-state index contributed by atoms with van der Waals surface area (Å²) >= 11 is 0. The van der Waals surface area contributed by atoms with Gasteiger partial charge in [-0.3, -0.25) is 0 Å². The molecule has 9 nitrogen and oxygen atoms in total. The van der Waals surface area contributed by atoms with Gasteiger partial charge in [0.25, 0.3) is 0 Å². The molecule has 0 fully saturated rings. The molecule has 0 heterocycles. The third kappa shape index (κ3) is 13.6. The van der Waals surface area contributed by atoms with Gasteiger partial charge in [0, 0.05) is 28.7 Å². The minimum Gasteiger partial charge on any atom is -0.493 e. The largest absolute Gasteiger partial charge is 0.493 e. The summed E-state index contributed by atoms with van der Waals surface area (Å²) < 4.78 is 27.9. The number of aryl methyl sites for hydroxylation is 2. The Hall–Kier alpha value is -7.26. The Morgan fingerprint density at radius 1 is 0.540 bits per heavy atom. The van der Waals surface area contributed by atoms with Gasteiger partial charge in [0.15, 0.2) is 0 Å². The fourth-order valence-electron chi connectivity index (χ4n) is 6.35. The molecule has 5 aromatic rings. The standard InChI is InChI=1S/C54H54O9/c1-9-40-31-46(22-26-49(40)59-30-29-39(33-60-52(56)35(3)4)34-61-53(57)36(5)6)44-18-16-43(17-19-44)42-14-11-38(12-15-42)13-28-51(55)63-50-27-23-47(32-41(50)10-2)45-20-24-48(25-21-45)62-54(58)37(7)8/h11-28,31-32,39H,3,5,7,9-10,29-30,33-34H2,1-2,4,6,8H3/b28-13+. The molecule has 0 saturated carbocycles. The number of hydrogen-bond acceptors (Lipinski definition) is 9. The van der Waals surface area contributed by atoms with Gasteiger partial charge >= 0.3 is 23.9 Å². The molecular formula is C54H54O9. The van der Waals surface area contributed by atoms with Crippen LogP contribution in [0.3, 0.4) is 0 Å². The Morgan fingerprint density at radius 2 is 0.968 bits per heavy atom. The molecule has 0 bridgehead atoms. The maximum absolute atomic E-state index is 12.9. The van der Waals surface area contributed by atoms with Gasteiger partial charge in [0.05, 0.1) is 19.8 Å². The highest BCUT2D eigenvalue weighted by Gasteiger charge is 2.17. The van der Waals surface area contributed by atoms with Gasteiger partial charge in [-0.2, -0.15) is 0 Å². The highest BCUT2D eigenvalue weighted by atomic mass is 16.6. The molecule has 0 atom stereocenters. The number of hydrogen-bond donors (Lipinski definition) is 0. The average Bonchev–Trinajstić information content (AvgIpc) is 3.29. The van der Waals surface area contributed by atoms with Crippen molar-refractivity contribution in [2.45, 2.75) is 53.9 Å². The number of ether oxygens (including phenoxy) is 5. The smallest absolute Gasteiger partial charge is 0.338 e. The van der Waals surface area contributed by atoms with Crippen LogP contribution >= 0.6 is 0 Å². The van der Waals surface area contributed by atoms with E-state index in [1.165, 1.54) is 6.08 Å². The van der Waals surface area contributed by atoms with Gasteiger partial charge in [-0.1, -0.05) is 106 Å². The number of carbonyl (C=O) groups is 4. The fraction of sp³-hybridized carbons (Fsp3) is 0.222. The molecule has 0 saturated heterocycles. The van der Waals surface area contributed by atoms with Gasteiger partial charge < -0.3 is 23.7 Å². The first-order chi connectivity index (χ1) is 30.2. The molecule has 5 rings (SSSR count). The lowest BCUT2D eigenvalue weighted by Crippen LogP contribution is -2.23. The molecule has 0 aliphatic rings. The minimum atomic E-state index is -0.495. The SMILES string of the molecule is C=C(C)C(=O)OCC(CCOc1ccc(-c2ccc(-c3ccc(/C=C/C(=O)Oc4ccc(-c5ccc(OC(=O)C(=C)C)cc5)cc4CC)cc3)cc2)cc1CC)COC(=O)C(=C)C. The molecule has 9 heteroatoms. The van der Waals surface area contributed by atoms with Crippen molar-refractivity contribution in [3.63, 3.8) is 0 Å². The van der Waals surface area contributed by atoms with Crippen molar-refractivity contribution >= 4 is 30.0 Å². The van der Waals surface area contributed by atoms with Crippen LogP contribution < -0.4 is 14.2 Å². The first-order valence-corrected chi connectivity index (χ1v) is 20.9. The van der Waals surface area contributed by atoms with Gasteiger partial charge in [-0.05, 0) is 133 Å². The normalized spacial score (nSPS) is 10.9. The minimum absolute atomic E-state index is 0.0717. The van der Waals surface area contributed by atoms with Crippen molar-refractivity contribution in [2.75, 3.05) is 19.8 Å². The van der Waals surface area contributed by atoms with Crippen LogP contribution in [0.25, 0.3) is 39.5 Å². The van der Waals surface area contributed by atoms with E-state index in [1.54, 1.807) is 45.0 Å². The van der Waals surface area contributed by atoms with Gasteiger partial charge in [0.2, 0.25) is 0 Å². The Morgan fingerprint density at radius 3 is 1.46 bits per heavy atom. The third-order valence-corrected chi connectivity index (χ3v) is 10.1. The highest BCUT2D eigenvalue weighted by molar-refractivity contribution is 5.90. The zero-order valence-electron chi connectivity index (χ0n) is 36.7. The van der Waals surface area contributed by atoms with Crippen molar-refractivity contribution in [1.29, 1.82) is 0 Å². The monoisotopic (exact) mass is 846 g/mol. The van der Waals surface area contributed by atoms with Crippen LogP contribution in [0, 0.1) is 5.92 Å². The summed E-state index contributed by atoms with van der Waals surface area (Å²) in [4.78, 5) is 48.7. The number of rotatable bonds is 20. The number of benzene rings is 5. The van der Waals surface area contributed by atoms with E-state index in [9.17, 15) is 19.2 Å². The topological polar surface area (TPSA) is 114 Å². The summed E-state index contributed by atoms with van der Waals surface area (Å²) in [5.74, 6) is -0.493. The van der Waals surface area contributed by atoms with Crippen molar-refractivity contribution in [1.82, 2.24) is 0 Å². The summed E-state index contributed by atoms with van der Waals surface area (Å²) in [5, 5.41) is 0. The van der Waals surface area contributed by atoms with Crippen molar-refractivity contribution < 1.29 is 42.9 Å². The average molecular weight is 847 g/mol. The lowest BCUT2D eigenvalue weighted by atomic mass is 9.98. The predicted molar refractivity (Wildman–Crippen MR) is 248 cm³/mol. The van der Waals surface area contributed by atoms with E-state index < -0.39 is 23.9 Å². The number of carbonyl (C=O) groups excluding carboxylic acids is 4. The summed E-state index contributed by atoms with van der Waals surface area (Å²) in [6.07, 6.45) is 5.08. The van der Waals surface area contributed by atoms with E-state index in [0.29, 0.717) is 47.7 Å². The lowest BCUT2D eigenvalue weighted by molar-refractivity contribution is -0.144. The van der Waals surface area contributed by atoms with E-state index in [-0.39, 0.29) is 19.1 Å². The molecule has 0 radical (unpaired) electrons. The van der Waals surface area contributed by atoms with Crippen LogP contribution in [-0.2, 0) is 41.5 Å². The van der Waals surface area contributed by atoms with E-state index in [0.717, 1.165) is 62.2 Å². The Balaban J connectivity index is 1.15. The van der Waals surface area contributed by atoms with Gasteiger partial charge in [-0.15, -0.1) is 0 Å². The first-order valence-electron chi connectivity index (χ1n) is 20.9. The van der Waals surface area contributed by atoms with Gasteiger partial charge in [-0.25, -0.2) is 19.2 Å². The molecule has 0 aliphatic heterocycles. The molecule has 5 aromatic carbocycles. The number of esters is 4. The van der Waals surface area contributed by atoms with Crippen LogP contribution in [0.5, 0.6) is 17.2 Å². The van der Waals surface area contributed by atoms with Crippen LogP contribution in [-0.4, -0.2) is 43.7 Å². The summed E-state index contributed by atoms with van der Waals surface area (Å²) in [6.45, 7) is 20.2. The van der Waals surface area contributed by atoms with Crippen molar-refractivity contribution in [2.24, 2.45) is 5.92 Å². The fourth-order valence-corrected chi connectivity index (χ4v) is 6.35. The van der Waals surface area contributed by atoms with E-state index in [1.807, 2.05) is 67.6 Å². The summed E-state index contributed by atoms with van der Waals surface area (Å²) in [5.41, 5.74) is 9.82. The maximum Gasteiger partial charge on any atom is 0.338 e. The molecule has 0 unspecified atom stereocenters. The molecule has 324 valence electrons. The van der Waals surface area contributed by atoms with Crippen LogP contribution in [0.2, 0.25) is 0 Å². The summed E-state index contributed by atoms with van der Waals surface area (Å²) in [6, 6.07) is 35.3. The van der Waals surface area contributed by atoms with E-state index in [4.69, 9.17) is 23.7 Å². The van der Waals surface area contributed by atoms with Crippen molar-refractivity contribution in [3.8, 4) is 50.6 Å². The van der Waals surface area contributed by atoms with Crippen LogP contribution in [0.4, 0.5) is 0 Å². The molecule has 0 amide bonds. The third-order valence-electron chi connectivity index (χ3n) is 10.1. The van der Waals surface area contributed by atoms with Crippen molar-refractivity contribution in [3.05, 3.63) is 168 Å². The van der Waals surface area contributed by atoms with E-state index >= 15 is 0 Å². The second-order valence-corrected chi connectivity index (χ2v) is 15.3. The molecule has 0 N–H and O–H groups in total. The second-order valence-electron chi connectivity index (χ2n) is 15.3. The summed E-state index contributed by atoms with van der Waals surface area (Å²) in [7, 11) is 0. The second kappa shape index (κ2) is 22.5. The van der Waals surface area contributed by atoms with Gasteiger partial charge in [0.1, 0.15) is 17.2 Å². The molecular weight excluding hydrogens is 793 g/mol. The highest BCUT2D eigenvalue weighted by Crippen LogP contribution is 2.31.